The summed E-state index contributed by atoms with van der Waals surface area (Å²) in [5, 5.41) is 3.19. The van der Waals surface area contributed by atoms with Gasteiger partial charge in [-0.2, -0.15) is 0 Å². The number of methoxy groups -OCH3 is 1. The van der Waals surface area contributed by atoms with Crippen LogP contribution >= 0.6 is 0 Å². The van der Waals surface area contributed by atoms with Crippen LogP contribution in [0.15, 0.2) is 54.1 Å². The summed E-state index contributed by atoms with van der Waals surface area (Å²) in [6.45, 7) is 3.27. The molecule has 2 aromatic carbocycles. The standard InChI is InChI=1S/C23H26N2O3/c1-27-21-7-8-22-18(14-21)13-19(16-28-22)23(26)24-20-9-11-25(12-10-20)15-17-5-3-2-4-6-17/h2-8,13-14,20H,9-12,15-16H2,1H3,(H,24,26). The fourth-order valence-corrected chi connectivity index (χ4v) is 3.77. The minimum Gasteiger partial charge on any atom is -0.497 e. The van der Waals surface area contributed by atoms with Crippen molar-refractivity contribution >= 4 is 12.0 Å². The summed E-state index contributed by atoms with van der Waals surface area (Å²) in [7, 11) is 1.63. The van der Waals surface area contributed by atoms with E-state index in [1.807, 2.05) is 30.3 Å². The first kappa shape index (κ1) is 18.6. The summed E-state index contributed by atoms with van der Waals surface area (Å²) < 4.78 is 11.0. The van der Waals surface area contributed by atoms with E-state index in [1.54, 1.807) is 7.11 Å². The Hall–Kier alpha value is -2.79. The molecule has 0 aromatic heterocycles. The topological polar surface area (TPSA) is 50.8 Å². The highest BCUT2D eigenvalue weighted by Crippen LogP contribution is 2.30. The van der Waals surface area contributed by atoms with Gasteiger partial charge in [0.05, 0.1) is 12.7 Å². The number of hydrogen-bond acceptors (Lipinski definition) is 4. The monoisotopic (exact) mass is 378 g/mol. The molecule has 2 aromatic rings. The molecule has 0 atom stereocenters. The number of rotatable bonds is 5. The molecule has 28 heavy (non-hydrogen) atoms. The van der Waals surface area contributed by atoms with Crippen molar-refractivity contribution in [3.63, 3.8) is 0 Å². The van der Waals surface area contributed by atoms with Gasteiger partial charge in [0.25, 0.3) is 5.91 Å². The van der Waals surface area contributed by atoms with Gasteiger partial charge in [-0.15, -0.1) is 0 Å². The number of benzene rings is 2. The van der Waals surface area contributed by atoms with E-state index < -0.39 is 0 Å². The van der Waals surface area contributed by atoms with Crippen LogP contribution in [0.2, 0.25) is 0 Å². The fraction of sp³-hybridized carbons (Fsp3) is 0.348. The predicted molar refractivity (Wildman–Crippen MR) is 109 cm³/mol. The fourth-order valence-electron chi connectivity index (χ4n) is 3.77. The summed E-state index contributed by atoms with van der Waals surface area (Å²) in [6.07, 6.45) is 3.84. The summed E-state index contributed by atoms with van der Waals surface area (Å²) >= 11 is 0. The van der Waals surface area contributed by atoms with Crippen LogP contribution in [-0.4, -0.2) is 43.7 Å². The van der Waals surface area contributed by atoms with E-state index in [-0.39, 0.29) is 11.9 Å². The number of carbonyl (C=O) groups excluding carboxylic acids is 1. The zero-order valence-electron chi connectivity index (χ0n) is 16.2. The molecule has 1 fully saturated rings. The van der Waals surface area contributed by atoms with E-state index in [0.29, 0.717) is 12.2 Å². The van der Waals surface area contributed by atoms with Gasteiger partial charge in [-0.05, 0) is 42.7 Å². The third kappa shape index (κ3) is 4.37. The Kier molecular flexibility index (Phi) is 5.63. The van der Waals surface area contributed by atoms with E-state index >= 15 is 0 Å². The average Bonchev–Trinajstić information content (AvgIpc) is 2.75. The largest absolute Gasteiger partial charge is 0.497 e. The van der Waals surface area contributed by atoms with Crippen LogP contribution < -0.4 is 14.8 Å². The van der Waals surface area contributed by atoms with Gasteiger partial charge in [-0.3, -0.25) is 9.69 Å². The van der Waals surface area contributed by atoms with Crippen molar-refractivity contribution in [2.45, 2.75) is 25.4 Å². The minimum absolute atomic E-state index is 0.0324. The van der Waals surface area contributed by atoms with Crippen LogP contribution in [0.1, 0.15) is 24.0 Å². The molecule has 0 bridgehead atoms. The molecule has 5 heteroatoms. The van der Waals surface area contributed by atoms with E-state index in [0.717, 1.165) is 49.5 Å². The summed E-state index contributed by atoms with van der Waals surface area (Å²) in [5.74, 6) is 1.51. The molecule has 0 aliphatic carbocycles. The number of amides is 1. The maximum Gasteiger partial charge on any atom is 0.250 e. The van der Waals surface area contributed by atoms with Crippen LogP contribution in [0.5, 0.6) is 11.5 Å². The second kappa shape index (κ2) is 8.48. The van der Waals surface area contributed by atoms with E-state index in [4.69, 9.17) is 9.47 Å². The smallest absolute Gasteiger partial charge is 0.250 e. The van der Waals surface area contributed by atoms with Gasteiger partial charge in [0.1, 0.15) is 18.1 Å². The van der Waals surface area contributed by atoms with Crippen LogP contribution in [0.4, 0.5) is 0 Å². The zero-order valence-corrected chi connectivity index (χ0v) is 16.2. The summed E-state index contributed by atoms with van der Waals surface area (Å²) in [4.78, 5) is 15.1. The molecule has 0 saturated carbocycles. The van der Waals surface area contributed by atoms with Gasteiger partial charge >= 0.3 is 0 Å². The normalized spacial score (nSPS) is 17.2. The van der Waals surface area contributed by atoms with Gasteiger partial charge in [-0.25, -0.2) is 0 Å². The van der Waals surface area contributed by atoms with Crippen molar-refractivity contribution in [3.8, 4) is 11.5 Å². The van der Waals surface area contributed by atoms with Crippen molar-refractivity contribution in [2.75, 3.05) is 26.8 Å². The maximum atomic E-state index is 12.7. The Labute approximate surface area is 165 Å². The lowest BCUT2D eigenvalue weighted by molar-refractivity contribution is -0.118. The van der Waals surface area contributed by atoms with Crippen LogP contribution in [0, 0.1) is 0 Å². The SMILES string of the molecule is COc1ccc2c(c1)C=C(C(=O)NC1CCN(Cc3ccccc3)CC1)CO2. The highest BCUT2D eigenvalue weighted by Gasteiger charge is 2.24. The first-order chi connectivity index (χ1) is 13.7. The van der Waals surface area contributed by atoms with Gasteiger partial charge < -0.3 is 14.8 Å². The number of fused-ring (bicyclic) bond motifs is 1. The number of likely N-dealkylation sites (tertiary alicyclic amines) is 1. The van der Waals surface area contributed by atoms with Gasteiger partial charge in [0.2, 0.25) is 0 Å². The molecule has 0 spiro atoms. The van der Waals surface area contributed by atoms with Gasteiger partial charge in [-0.1, -0.05) is 30.3 Å². The second-order valence-electron chi connectivity index (χ2n) is 7.37. The summed E-state index contributed by atoms with van der Waals surface area (Å²) in [5.41, 5.74) is 2.88. The Bertz CT molecular complexity index is 855. The third-order valence-corrected chi connectivity index (χ3v) is 5.39. The highest BCUT2D eigenvalue weighted by molar-refractivity contribution is 5.99. The number of nitrogens with zero attached hydrogens (tertiary/aromatic N) is 1. The lowest BCUT2D eigenvalue weighted by atomic mass is 10.0. The molecule has 1 saturated heterocycles. The van der Waals surface area contributed by atoms with Gasteiger partial charge in [0, 0.05) is 31.2 Å². The molecule has 2 heterocycles. The first-order valence-electron chi connectivity index (χ1n) is 9.80. The summed E-state index contributed by atoms with van der Waals surface area (Å²) in [6, 6.07) is 16.4. The molecule has 2 aliphatic rings. The van der Waals surface area contributed by atoms with Gasteiger partial charge in [0.15, 0.2) is 0 Å². The highest BCUT2D eigenvalue weighted by atomic mass is 16.5. The number of hydrogen-bond donors (Lipinski definition) is 1. The number of piperidine rings is 1. The Morgan fingerprint density at radius 3 is 2.71 bits per heavy atom. The lowest BCUT2D eigenvalue weighted by Gasteiger charge is -2.32. The van der Waals surface area contributed by atoms with E-state index in [9.17, 15) is 4.79 Å². The molecule has 0 radical (unpaired) electrons. The number of ether oxygens (including phenoxy) is 2. The maximum absolute atomic E-state index is 12.7. The molecule has 5 nitrogen and oxygen atoms in total. The molecule has 4 rings (SSSR count). The number of carbonyl (C=O) groups is 1. The Morgan fingerprint density at radius 1 is 1.18 bits per heavy atom. The second-order valence-corrected chi connectivity index (χ2v) is 7.37. The number of nitrogens with one attached hydrogen (secondary N) is 1. The molecule has 1 amide bonds. The van der Waals surface area contributed by atoms with Crippen molar-refractivity contribution in [1.82, 2.24) is 10.2 Å². The van der Waals surface area contributed by atoms with Crippen LogP contribution in [0.25, 0.3) is 6.08 Å². The minimum atomic E-state index is -0.0324. The molecular formula is C23H26N2O3. The van der Waals surface area contributed by atoms with Crippen molar-refractivity contribution in [2.24, 2.45) is 0 Å². The average molecular weight is 378 g/mol. The quantitative estimate of drug-likeness (QED) is 0.868. The van der Waals surface area contributed by atoms with E-state index in [2.05, 4.69) is 34.5 Å². The first-order valence-corrected chi connectivity index (χ1v) is 9.80. The molecule has 0 unspecified atom stereocenters. The Balaban J connectivity index is 1.31. The van der Waals surface area contributed by atoms with Crippen molar-refractivity contribution in [3.05, 3.63) is 65.2 Å². The van der Waals surface area contributed by atoms with Crippen LogP contribution in [0.3, 0.4) is 0 Å². The lowest BCUT2D eigenvalue weighted by Crippen LogP contribution is -2.45. The Morgan fingerprint density at radius 2 is 1.96 bits per heavy atom. The third-order valence-electron chi connectivity index (χ3n) is 5.39. The zero-order chi connectivity index (χ0) is 19.3. The molecule has 1 N–H and O–H groups in total. The molecule has 2 aliphatic heterocycles. The molecular weight excluding hydrogens is 352 g/mol. The predicted octanol–water partition coefficient (Wildman–Crippen LogP) is 3.25. The van der Waals surface area contributed by atoms with Crippen LogP contribution in [-0.2, 0) is 11.3 Å². The van der Waals surface area contributed by atoms with Crippen molar-refractivity contribution in [1.29, 1.82) is 0 Å². The van der Waals surface area contributed by atoms with Crippen molar-refractivity contribution < 1.29 is 14.3 Å². The van der Waals surface area contributed by atoms with E-state index in [1.165, 1.54) is 5.56 Å². The molecule has 146 valence electrons.